The fourth-order valence-corrected chi connectivity index (χ4v) is 2.18. The molecular formula is C11H18N2. The van der Waals surface area contributed by atoms with Crippen LogP contribution in [0.5, 0.6) is 0 Å². The van der Waals surface area contributed by atoms with E-state index >= 15 is 0 Å². The summed E-state index contributed by atoms with van der Waals surface area (Å²) in [7, 11) is 0. The molecule has 2 heteroatoms. The highest BCUT2D eigenvalue weighted by Crippen LogP contribution is 2.28. The number of hydrogen-bond acceptors (Lipinski definition) is 1. The Balaban J connectivity index is 1.83. The van der Waals surface area contributed by atoms with Crippen LogP contribution in [-0.4, -0.2) is 9.78 Å². The smallest absolute Gasteiger partial charge is 0.0489 e. The van der Waals surface area contributed by atoms with E-state index in [-0.39, 0.29) is 0 Å². The van der Waals surface area contributed by atoms with E-state index in [1.165, 1.54) is 25.7 Å². The summed E-state index contributed by atoms with van der Waals surface area (Å²) < 4.78 is 2.07. The lowest BCUT2D eigenvalue weighted by Gasteiger charge is -2.25. The van der Waals surface area contributed by atoms with Gasteiger partial charge in [-0.3, -0.25) is 4.68 Å². The van der Waals surface area contributed by atoms with E-state index in [0.717, 1.165) is 18.4 Å². The molecule has 0 aliphatic heterocycles. The van der Waals surface area contributed by atoms with E-state index in [1.807, 2.05) is 12.3 Å². The van der Waals surface area contributed by atoms with Crippen LogP contribution in [0, 0.1) is 11.8 Å². The number of nitrogens with zero attached hydrogens (tertiary/aromatic N) is 2. The summed E-state index contributed by atoms with van der Waals surface area (Å²) >= 11 is 0. The molecule has 1 aliphatic carbocycles. The molecule has 0 atom stereocenters. The van der Waals surface area contributed by atoms with Crippen LogP contribution < -0.4 is 0 Å². The molecular weight excluding hydrogens is 160 g/mol. The topological polar surface area (TPSA) is 17.8 Å². The van der Waals surface area contributed by atoms with Crippen molar-refractivity contribution in [3.63, 3.8) is 0 Å². The molecule has 2 nitrogen and oxygen atoms in total. The van der Waals surface area contributed by atoms with Gasteiger partial charge in [-0.2, -0.15) is 5.10 Å². The third-order valence-electron chi connectivity index (χ3n) is 3.14. The Kier molecular flexibility index (Phi) is 2.67. The fourth-order valence-electron chi connectivity index (χ4n) is 2.18. The van der Waals surface area contributed by atoms with Gasteiger partial charge in [0.05, 0.1) is 0 Å². The molecule has 0 aromatic carbocycles. The Labute approximate surface area is 80.0 Å². The second kappa shape index (κ2) is 3.95. The normalized spacial score (nSPS) is 29.0. The third-order valence-corrected chi connectivity index (χ3v) is 3.14. The average Bonchev–Trinajstić information content (AvgIpc) is 2.62. The van der Waals surface area contributed by atoms with Crippen molar-refractivity contribution in [2.45, 2.75) is 39.2 Å². The minimum Gasteiger partial charge on any atom is -0.272 e. The summed E-state index contributed by atoms with van der Waals surface area (Å²) in [6, 6.07) is 2.01. The standard InChI is InChI=1S/C11H18N2/c1-10-3-5-11(6-4-10)9-13-8-2-7-12-13/h2,7-8,10-11H,3-6,9H2,1H3. The minimum absolute atomic E-state index is 0.871. The molecule has 1 saturated carbocycles. The van der Waals surface area contributed by atoms with Crippen molar-refractivity contribution < 1.29 is 0 Å². The van der Waals surface area contributed by atoms with E-state index in [9.17, 15) is 0 Å². The lowest BCUT2D eigenvalue weighted by Crippen LogP contribution is -2.17. The molecule has 0 bridgehead atoms. The molecule has 1 aromatic rings. The van der Waals surface area contributed by atoms with Gasteiger partial charge >= 0.3 is 0 Å². The van der Waals surface area contributed by atoms with E-state index in [4.69, 9.17) is 0 Å². The lowest BCUT2D eigenvalue weighted by atomic mass is 9.83. The maximum Gasteiger partial charge on any atom is 0.0489 e. The predicted octanol–water partition coefficient (Wildman–Crippen LogP) is 2.71. The summed E-state index contributed by atoms with van der Waals surface area (Å²) in [4.78, 5) is 0. The van der Waals surface area contributed by atoms with Crippen molar-refractivity contribution >= 4 is 0 Å². The maximum atomic E-state index is 4.25. The van der Waals surface area contributed by atoms with Gasteiger partial charge in [-0.15, -0.1) is 0 Å². The zero-order valence-electron chi connectivity index (χ0n) is 8.32. The van der Waals surface area contributed by atoms with Crippen LogP contribution in [0.15, 0.2) is 18.5 Å². The molecule has 0 unspecified atom stereocenters. The average molecular weight is 178 g/mol. The Morgan fingerprint density at radius 2 is 2.08 bits per heavy atom. The fraction of sp³-hybridized carbons (Fsp3) is 0.727. The minimum atomic E-state index is 0.871. The first-order chi connectivity index (χ1) is 6.34. The van der Waals surface area contributed by atoms with Crippen LogP contribution in [0.3, 0.4) is 0 Å². The Hall–Kier alpha value is -0.790. The Morgan fingerprint density at radius 3 is 2.69 bits per heavy atom. The molecule has 1 aliphatic rings. The zero-order valence-corrected chi connectivity index (χ0v) is 8.32. The first kappa shape index (κ1) is 8.79. The summed E-state index contributed by atoms with van der Waals surface area (Å²) in [5.74, 6) is 1.82. The van der Waals surface area contributed by atoms with Gasteiger partial charge in [0, 0.05) is 18.9 Å². The van der Waals surface area contributed by atoms with E-state index < -0.39 is 0 Å². The summed E-state index contributed by atoms with van der Waals surface area (Å²) in [5, 5.41) is 4.25. The molecule has 0 N–H and O–H groups in total. The van der Waals surface area contributed by atoms with Crippen molar-refractivity contribution in [1.29, 1.82) is 0 Å². The van der Waals surface area contributed by atoms with Crippen molar-refractivity contribution in [1.82, 2.24) is 9.78 Å². The Morgan fingerprint density at radius 1 is 1.31 bits per heavy atom. The van der Waals surface area contributed by atoms with Crippen LogP contribution in [0.25, 0.3) is 0 Å². The van der Waals surface area contributed by atoms with Gasteiger partial charge in [0.1, 0.15) is 0 Å². The molecule has 0 spiro atoms. The molecule has 72 valence electrons. The molecule has 0 saturated heterocycles. The summed E-state index contributed by atoms with van der Waals surface area (Å²) in [5.41, 5.74) is 0. The zero-order chi connectivity index (χ0) is 9.10. The van der Waals surface area contributed by atoms with Crippen molar-refractivity contribution in [2.75, 3.05) is 0 Å². The highest BCUT2D eigenvalue weighted by Gasteiger charge is 2.18. The highest BCUT2D eigenvalue weighted by molar-refractivity contribution is 4.79. The van der Waals surface area contributed by atoms with Gasteiger partial charge < -0.3 is 0 Å². The molecule has 13 heavy (non-hydrogen) atoms. The first-order valence-corrected chi connectivity index (χ1v) is 5.32. The van der Waals surface area contributed by atoms with Gasteiger partial charge in [0.25, 0.3) is 0 Å². The summed E-state index contributed by atoms with van der Waals surface area (Å²) in [6.07, 6.45) is 9.53. The van der Waals surface area contributed by atoms with Gasteiger partial charge in [0.15, 0.2) is 0 Å². The van der Waals surface area contributed by atoms with E-state index in [2.05, 4.69) is 22.9 Å². The second-order valence-corrected chi connectivity index (χ2v) is 4.35. The second-order valence-electron chi connectivity index (χ2n) is 4.35. The molecule has 0 radical (unpaired) electrons. The molecule has 1 heterocycles. The quantitative estimate of drug-likeness (QED) is 0.681. The van der Waals surface area contributed by atoms with Crippen molar-refractivity contribution in [2.24, 2.45) is 11.8 Å². The van der Waals surface area contributed by atoms with Crippen LogP contribution in [0.1, 0.15) is 32.6 Å². The van der Waals surface area contributed by atoms with E-state index in [1.54, 1.807) is 0 Å². The van der Waals surface area contributed by atoms with E-state index in [0.29, 0.717) is 0 Å². The summed E-state index contributed by atoms with van der Waals surface area (Å²) in [6.45, 7) is 3.49. The van der Waals surface area contributed by atoms with Gasteiger partial charge in [-0.25, -0.2) is 0 Å². The molecule has 1 aromatic heterocycles. The highest BCUT2D eigenvalue weighted by atomic mass is 15.3. The largest absolute Gasteiger partial charge is 0.272 e. The monoisotopic (exact) mass is 178 g/mol. The Bertz CT molecular complexity index is 233. The van der Waals surface area contributed by atoms with Crippen LogP contribution in [0.4, 0.5) is 0 Å². The van der Waals surface area contributed by atoms with Crippen molar-refractivity contribution in [3.05, 3.63) is 18.5 Å². The predicted molar refractivity (Wildman–Crippen MR) is 53.3 cm³/mol. The maximum absolute atomic E-state index is 4.25. The first-order valence-electron chi connectivity index (χ1n) is 5.32. The van der Waals surface area contributed by atoms with Gasteiger partial charge in [0.2, 0.25) is 0 Å². The lowest BCUT2D eigenvalue weighted by molar-refractivity contribution is 0.258. The number of rotatable bonds is 2. The molecule has 2 rings (SSSR count). The molecule has 0 amide bonds. The van der Waals surface area contributed by atoms with Crippen molar-refractivity contribution in [3.8, 4) is 0 Å². The SMILES string of the molecule is CC1CCC(Cn2cccn2)CC1. The third kappa shape index (κ3) is 2.33. The van der Waals surface area contributed by atoms with Gasteiger partial charge in [-0.05, 0) is 30.7 Å². The van der Waals surface area contributed by atoms with Gasteiger partial charge in [-0.1, -0.05) is 19.8 Å². The molecule has 1 fully saturated rings. The van der Waals surface area contributed by atoms with Crippen LogP contribution in [-0.2, 0) is 6.54 Å². The van der Waals surface area contributed by atoms with Crippen LogP contribution >= 0.6 is 0 Å². The number of hydrogen-bond donors (Lipinski definition) is 0. The van der Waals surface area contributed by atoms with Crippen LogP contribution in [0.2, 0.25) is 0 Å². The number of aromatic nitrogens is 2.